The van der Waals surface area contributed by atoms with Crippen molar-refractivity contribution in [2.24, 2.45) is 0 Å². The molecular weight excluding hydrogens is 196 g/mol. The lowest BCUT2D eigenvalue weighted by atomic mass is 10.2. The molecule has 56 valence electrons. The second kappa shape index (κ2) is 3.21. The number of hydrogen-bond acceptors (Lipinski definition) is 2. The molecule has 0 saturated carbocycles. The van der Waals surface area contributed by atoms with E-state index in [2.05, 4.69) is 15.9 Å². The molecule has 1 aromatic rings. The fraction of sp³-hybridized carbons (Fsp3) is 0.429. The van der Waals surface area contributed by atoms with Crippen LogP contribution in [0.25, 0.3) is 0 Å². The third-order valence-electron chi connectivity index (χ3n) is 1.13. The summed E-state index contributed by atoms with van der Waals surface area (Å²) in [7, 11) is 0. The summed E-state index contributed by atoms with van der Waals surface area (Å²) in [5.74, 6) is 0.807. The van der Waals surface area contributed by atoms with E-state index in [0.29, 0.717) is 11.1 Å². The highest BCUT2D eigenvalue weighted by Gasteiger charge is 2.02. The van der Waals surface area contributed by atoms with Gasteiger partial charge in [0.1, 0.15) is 5.76 Å². The zero-order chi connectivity index (χ0) is 7.56. The van der Waals surface area contributed by atoms with Crippen molar-refractivity contribution in [1.82, 2.24) is 0 Å². The van der Waals surface area contributed by atoms with Gasteiger partial charge in [-0.05, 0) is 35.0 Å². The average molecular weight is 205 g/mol. The maximum Gasteiger partial charge on any atom is 0.169 e. The molecule has 1 atom stereocenters. The molecule has 0 spiro atoms. The van der Waals surface area contributed by atoms with Crippen LogP contribution in [0, 0.1) is 0 Å². The van der Waals surface area contributed by atoms with Gasteiger partial charge < -0.3 is 9.52 Å². The molecule has 1 heterocycles. The van der Waals surface area contributed by atoms with Crippen molar-refractivity contribution in [3.63, 3.8) is 0 Å². The van der Waals surface area contributed by atoms with E-state index in [4.69, 9.17) is 9.52 Å². The number of rotatable bonds is 2. The van der Waals surface area contributed by atoms with Crippen molar-refractivity contribution in [3.05, 3.63) is 22.6 Å². The van der Waals surface area contributed by atoms with E-state index < -0.39 is 0 Å². The molecule has 0 saturated heterocycles. The molecule has 10 heavy (non-hydrogen) atoms. The number of hydrogen-bond donors (Lipinski definition) is 1. The van der Waals surface area contributed by atoms with E-state index in [0.717, 1.165) is 5.76 Å². The molecule has 0 amide bonds. The Labute approximate surface area is 68.0 Å². The molecular formula is C7H9BrO2. The lowest BCUT2D eigenvalue weighted by molar-refractivity contribution is 0.187. The summed E-state index contributed by atoms with van der Waals surface area (Å²) in [6.45, 7) is 1.73. The molecule has 1 N–H and O–H groups in total. The molecule has 1 rings (SSSR count). The Morgan fingerprint density at radius 1 is 1.70 bits per heavy atom. The Bertz CT molecular complexity index is 205. The maximum absolute atomic E-state index is 8.94. The molecule has 0 aromatic carbocycles. The van der Waals surface area contributed by atoms with Crippen LogP contribution in [-0.4, -0.2) is 11.2 Å². The molecule has 0 aliphatic carbocycles. The predicted octanol–water partition coefficient (Wildman–Crippen LogP) is 1.97. The smallest absolute Gasteiger partial charge is 0.169 e. The van der Waals surface area contributed by atoms with Crippen LogP contribution in [0.15, 0.2) is 21.2 Å². The summed E-state index contributed by atoms with van der Waals surface area (Å²) in [4.78, 5) is 0. The second-order valence-electron chi connectivity index (χ2n) is 2.26. The van der Waals surface area contributed by atoms with Gasteiger partial charge >= 0.3 is 0 Å². The summed E-state index contributed by atoms with van der Waals surface area (Å²) < 4.78 is 5.86. The summed E-state index contributed by atoms with van der Waals surface area (Å²) in [6.07, 6.45) is 0.240. The SMILES string of the molecule is C[C@@H](O)Cc1ccc(Br)o1. The Morgan fingerprint density at radius 2 is 2.40 bits per heavy atom. The topological polar surface area (TPSA) is 33.4 Å². The molecule has 3 heteroatoms. The van der Waals surface area contributed by atoms with Gasteiger partial charge in [-0.2, -0.15) is 0 Å². The van der Waals surface area contributed by atoms with E-state index in [-0.39, 0.29) is 6.10 Å². The van der Waals surface area contributed by atoms with E-state index in [1.54, 1.807) is 6.92 Å². The quantitative estimate of drug-likeness (QED) is 0.800. The summed E-state index contributed by atoms with van der Waals surface area (Å²) in [6, 6.07) is 3.66. The number of furan rings is 1. The van der Waals surface area contributed by atoms with Crippen molar-refractivity contribution >= 4 is 15.9 Å². The summed E-state index contributed by atoms with van der Waals surface area (Å²) >= 11 is 3.17. The van der Waals surface area contributed by atoms with Gasteiger partial charge in [0.05, 0.1) is 6.10 Å². The van der Waals surface area contributed by atoms with Gasteiger partial charge in [0.25, 0.3) is 0 Å². The normalized spacial score (nSPS) is 13.5. The highest BCUT2D eigenvalue weighted by Crippen LogP contribution is 2.14. The molecule has 0 radical (unpaired) electrons. The first-order valence-electron chi connectivity index (χ1n) is 3.11. The third kappa shape index (κ3) is 2.15. The second-order valence-corrected chi connectivity index (χ2v) is 3.04. The van der Waals surface area contributed by atoms with Crippen LogP contribution in [0.2, 0.25) is 0 Å². The van der Waals surface area contributed by atoms with Gasteiger partial charge in [-0.25, -0.2) is 0 Å². The van der Waals surface area contributed by atoms with E-state index >= 15 is 0 Å². The molecule has 0 fully saturated rings. The Hall–Kier alpha value is -0.280. The number of aliphatic hydroxyl groups excluding tert-OH is 1. The van der Waals surface area contributed by atoms with E-state index in [1.807, 2.05) is 12.1 Å². The summed E-state index contributed by atoms with van der Waals surface area (Å²) in [5.41, 5.74) is 0. The minimum absolute atomic E-state index is 0.335. The van der Waals surface area contributed by atoms with Gasteiger partial charge in [0.2, 0.25) is 0 Å². The molecule has 1 aromatic heterocycles. The lowest BCUT2D eigenvalue weighted by Gasteiger charge is -1.97. The first-order chi connectivity index (χ1) is 4.68. The predicted molar refractivity (Wildman–Crippen MR) is 41.8 cm³/mol. The van der Waals surface area contributed by atoms with Crippen molar-refractivity contribution in [2.75, 3.05) is 0 Å². The zero-order valence-electron chi connectivity index (χ0n) is 5.67. The summed E-state index contributed by atoms with van der Waals surface area (Å²) in [5, 5.41) is 8.94. The number of halogens is 1. The maximum atomic E-state index is 8.94. The van der Waals surface area contributed by atoms with Crippen molar-refractivity contribution < 1.29 is 9.52 Å². The van der Waals surface area contributed by atoms with Crippen LogP contribution >= 0.6 is 15.9 Å². The zero-order valence-corrected chi connectivity index (χ0v) is 7.26. The monoisotopic (exact) mass is 204 g/mol. The molecule has 0 unspecified atom stereocenters. The van der Waals surface area contributed by atoms with Crippen LogP contribution in [0.3, 0.4) is 0 Å². The largest absolute Gasteiger partial charge is 0.454 e. The van der Waals surface area contributed by atoms with Gasteiger partial charge in [0.15, 0.2) is 4.67 Å². The third-order valence-corrected chi connectivity index (χ3v) is 1.55. The minimum Gasteiger partial charge on any atom is -0.454 e. The van der Waals surface area contributed by atoms with Crippen LogP contribution in [-0.2, 0) is 6.42 Å². The van der Waals surface area contributed by atoms with Crippen LogP contribution in [0.4, 0.5) is 0 Å². The highest BCUT2D eigenvalue weighted by atomic mass is 79.9. The minimum atomic E-state index is -0.335. The molecule has 0 aliphatic heterocycles. The number of aliphatic hydroxyl groups is 1. The highest BCUT2D eigenvalue weighted by molar-refractivity contribution is 9.10. The average Bonchev–Trinajstić information content (AvgIpc) is 2.13. The standard InChI is InChI=1S/C7H9BrO2/c1-5(9)4-6-2-3-7(8)10-6/h2-3,5,9H,4H2,1H3/t5-/m1/s1. The lowest BCUT2D eigenvalue weighted by Crippen LogP contribution is -2.02. The first-order valence-corrected chi connectivity index (χ1v) is 3.90. The van der Waals surface area contributed by atoms with Crippen molar-refractivity contribution in [3.8, 4) is 0 Å². The van der Waals surface area contributed by atoms with Crippen molar-refractivity contribution in [2.45, 2.75) is 19.4 Å². The van der Waals surface area contributed by atoms with Crippen LogP contribution in [0.1, 0.15) is 12.7 Å². The van der Waals surface area contributed by atoms with Crippen LogP contribution < -0.4 is 0 Å². The molecule has 0 bridgehead atoms. The fourth-order valence-corrected chi connectivity index (χ4v) is 1.09. The van der Waals surface area contributed by atoms with Gasteiger partial charge in [0, 0.05) is 6.42 Å². The first kappa shape index (κ1) is 7.82. The van der Waals surface area contributed by atoms with E-state index in [1.165, 1.54) is 0 Å². The fourth-order valence-electron chi connectivity index (χ4n) is 0.753. The molecule has 2 nitrogen and oxygen atoms in total. The Balaban J connectivity index is 2.58. The van der Waals surface area contributed by atoms with Crippen LogP contribution in [0.5, 0.6) is 0 Å². The molecule has 0 aliphatic rings. The van der Waals surface area contributed by atoms with Gasteiger partial charge in [-0.1, -0.05) is 0 Å². The van der Waals surface area contributed by atoms with Gasteiger partial charge in [-0.15, -0.1) is 0 Å². The van der Waals surface area contributed by atoms with E-state index in [9.17, 15) is 0 Å². The van der Waals surface area contributed by atoms with Crippen molar-refractivity contribution in [1.29, 1.82) is 0 Å². The van der Waals surface area contributed by atoms with Gasteiger partial charge in [-0.3, -0.25) is 0 Å². The Morgan fingerprint density at radius 3 is 2.80 bits per heavy atom. The Kier molecular flexibility index (Phi) is 2.51.